The fraction of sp³-hybridized carbons (Fsp3) is 0.188. The molecule has 1 aromatic heterocycles. The molecule has 21 heavy (non-hydrogen) atoms. The number of anilines is 1. The van der Waals surface area contributed by atoms with E-state index in [1.54, 1.807) is 22.4 Å². The minimum Gasteiger partial charge on any atom is -0.408 e. The number of nitrogens with two attached hydrogens (primary N) is 1. The smallest absolute Gasteiger partial charge is 0.408 e. The summed E-state index contributed by atoms with van der Waals surface area (Å²) in [7, 11) is 0. The quantitative estimate of drug-likeness (QED) is 0.593. The van der Waals surface area contributed by atoms with Crippen LogP contribution >= 0.6 is 11.8 Å². The Hall–Kier alpha value is -2.14. The van der Waals surface area contributed by atoms with Crippen molar-refractivity contribution in [3.8, 4) is 0 Å². The highest BCUT2D eigenvalue weighted by molar-refractivity contribution is 7.99. The molecule has 2 aromatic carbocycles. The summed E-state index contributed by atoms with van der Waals surface area (Å²) in [4.78, 5) is 12.9. The van der Waals surface area contributed by atoms with Crippen LogP contribution in [0.3, 0.4) is 0 Å². The first-order valence-corrected chi connectivity index (χ1v) is 7.71. The SMILES string of the molecule is Cc1ccc(N)c(SCCn2c(=O)oc3ccccc32)c1. The van der Waals surface area contributed by atoms with Crippen molar-refractivity contribution < 1.29 is 4.42 Å². The Balaban J connectivity index is 1.77. The van der Waals surface area contributed by atoms with Gasteiger partial charge in [0.05, 0.1) is 5.52 Å². The lowest BCUT2D eigenvalue weighted by molar-refractivity contribution is 0.514. The molecule has 0 radical (unpaired) electrons. The third kappa shape index (κ3) is 2.83. The second-order valence-corrected chi connectivity index (χ2v) is 6.01. The maximum atomic E-state index is 11.9. The zero-order valence-electron chi connectivity index (χ0n) is 11.7. The summed E-state index contributed by atoms with van der Waals surface area (Å²) in [6.07, 6.45) is 0. The Kier molecular flexibility index (Phi) is 3.75. The Morgan fingerprint density at radius 1 is 1.24 bits per heavy atom. The molecule has 3 rings (SSSR count). The zero-order chi connectivity index (χ0) is 14.8. The maximum absolute atomic E-state index is 11.9. The number of benzene rings is 2. The van der Waals surface area contributed by atoms with Gasteiger partial charge in [0, 0.05) is 22.9 Å². The van der Waals surface area contributed by atoms with Gasteiger partial charge in [-0.25, -0.2) is 4.79 Å². The average Bonchev–Trinajstić information content (AvgIpc) is 2.79. The largest absolute Gasteiger partial charge is 0.419 e. The third-order valence-corrected chi connectivity index (χ3v) is 4.37. The molecule has 0 saturated carbocycles. The number of nitrogen functional groups attached to an aromatic ring is 1. The lowest BCUT2D eigenvalue weighted by Crippen LogP contribution is -2.15. The van der Waals surface area contributed by atoms with Crippen molar-refractivity contribution in [1.29, 1.82) is 0 Å². The van der Waals surface area contributed by atoms with E-state index in [-0.39, 0.29) is 5.76 Å². The first kappa shape index (κ1) is 13.8. The summed E-state index contributed by atoms with van der Waals surface area (Å²) in [5.74, 6) is 0.450. The van der Waals surface area contributed by atoms with Gasteiger partial charge >= 0.3 is 5.76 Å². The van der Waals surface area contributed by atoms with Crippen LogP contribution in [0.5, 0.6) is 0 Å². The monoisotopic (exact) mass is 300 g/mol. The Morgan fingerprint density at radius 2 is 2.05 bits per heavy atom. The molecule has 2 N–H and O–H groups in total. The van der Waals surface area contributed by atoms with Crippen molar-refractivity contribution in [2.75, 3.05) is 11.5 Å². The Bertz CT molecular complexity index is 836. The summed E-state index contributed by atoms with van der Waals surface area (Å²) in [6.45, 7) is 2.63. The summed E-state index contributed by atoms with van der Waals surface area (Å²) >= 11 is 1.65. The number of hydrogen-bond donors (Lipinski definition) is 1. The van der Waals surface area contributed by atoms with Gasteiger partial charge in [-0.2, -0.15) is 0 Å². The van der Waals surface area contributed by atoms with E-state index in [0.29, 0.717) is 12.1 Å². The highest BCUT2D eigenvalue weighted by Crippen LogP contribution is 2.26. The van der Waals surface area contributed by atoms with E-state index in [2.05, 4.69) is 6.07 Å². The predicted molar refractivity (Wildman–Crippen MR) is 86.8 cm³/mol. The van der Waals surface area contributed by atoms with Crippen LogP contribution in [0.1, 0.15) is 5.56 Å². The molecule has 5 heteroatoms. The molecule has 0 saturated heterocycles. The average molecular weight is 300 g/mol. The van der Waals surface area contributed by atoms with Crippen molar-refractivity contribution in [1.82, 2.24) is 4.57 Å². The van der Waals surface area contributed by atoms with Crippen molar-refractivity contribution in [3.63, 3.8) is 0 Å². The van der Waals surface area contributed by atoms with Crippen LogP contribution in [0, 0.1) is 6.92 Å². The molecule has 0 atom stereocenters. The van der Waals surface area contributed by atoms with Crippen molar-refractivity contribution in [2.24, 2.45) is 0 Å². The van der Waals surface area contributed by atoms with Crippen molar-refractivity contribution in [3.05, 3.63) is 58.6 Å². The van der Waals surface area contributed by atoms with E-state index in [1.165, 1.54) is 5.56 Å². The molecular weight excluding hydrogens is 284 g/mol. The molecule has 0 aliphatic carbocycles. The molecule has 1 heterocycles. The number of para-hydroxylation sites is 2. The minimum atomic E-state index is -0.311. The number of thioether (sulfide) groups is 1. The zero-order valence-corrected chi connectivity index (χ0v) is 12.5. The summed E-state index contributed by atoms with van der Waals surface area (Å²) in [5.41, 5.74) is 9.37. The topological polar surface area (TPSA) is 61.2 Å². The highest BCUT2D eigenvalue weighted by Gasteiger charge is 2.08. The van der Waals surface area contributed by atoms with Crippen LogP contribution in [0.2, 0.25) is 0 Å². The van der Waals surface area contributed by atoms with Gasteiger partial charge in [0.2, 0.25) is 0 Å². The lowest BCUT2D eigenvalue weighted by Gasteiger charge is -2.07. The van der Waals surface area contributed by atoms with Crippen LogP contribution in [0.15, 0.2) is 56.6 Å². The normalized spacial score (nSPS) is 11.1. The van der Waals surface area contributed by atoms with Gasteiger partial charge in [0.1, 0.15) is 0 Å². The van der Waals surface area contributed by atoms with Gasteiger partial charge in [0.25, 0.3) is 0 Å². The van der Waals surface area contributed by atoms with Gasteiger partial charge < -0.3 is 10.2 Å². The molecule has 0 fully saturated rings. The summed E-state index contributed by atoms with van der Waals surface area (Å²) in [5, 5.41) is 0. The Morgan fingerprint density at radius 3 is 2.90 bits per heavy atom. The third-order valence-electron chi connectivity index (χ3n) is 3.32. The molecule has 3 aromatic rings. The van der Waals surface area contributed by atoms with E-state index >= 15 is 0 Å². The summed E-state index contributed by atoms with van der Waals surface area (Å²) in [6, 6.07) is 13.4. The molecule has 0 bridgehead atoms. The van der Waals surface area contributed by atoms with Gasteiger partial charge in [0.15, 0.2) is 5.58 Å². The van der Waals surface area contributed by atoms with Crippen LogP contribution in [0.25, 0.3) is 11.1 Å². The second-order valence-electron chi connectivity index (χ2n) is 4.88. The number of aryl methyl sites for hydroxylation is 2. The highest BCUT2D eigenvalue weighted by atomic mass is 32.2. The maximum Gasteiger partial charge on any atom is 0.419 e. The first-order chi connectivity index (χ1) is 10.1. The van der Waals surface area contributed by atoms with Crippen LogP contribution in [-0.2, 0) is 6.54 Å². The first-order valence-electron chi connectivity index (χ1n) is 6.72. The van der Waals surface area contributed by atoms with Crippen molar-refractivity contribution >= 4 is 28.5 Å². The van der Waals surface area contributed by atoms with Crippen LogP contribution < -0.4 is 11.5 Å². The second kappa shape index (κ2) is 5.69. The number of aromatic nitrogens is 1. The fourth-order valence-electron chi connectivity index (χ4n) is 2.24. The number of oxazole rings is 1. The molecule has 0 unspecified atom stereocenters. The molecule has 0 spiro atoms. The van der Waals surface area contributed by atoms with Gasteiger partial charge in [-0.05, 0) is 36.8 Å². The number of rotatable bonds is 4. The summed E-state index contributed by atoms with van der Waals surface area (Å²) < 4.78 is 6.88. The van der Waals surface area contributed by atoms with Crippen LogP contribution in [0.4, 0.5) is 5.69 Å². The van der Waals surface area contributed by atoms with E-state index in [4.69, 9.17) is 10.2 Å². The van der Waals surface area contributed by atoms with Gasteiger partial charge in [-0.3, -0.25) is 4.57 Å². The number of fused-ring (bicyclic) bond motifs is 1. The predicted octanol–water partition coefficient (Wildman–Crippen LogP) is 3.28. The van der Waals surface area contributed by atoms with E-state index in [9.17, 15) is 4.79 Å². The number of nitrogens with zero attached hydrogens (tertiary/aromatic N) is 1. The van der Waals surface area contributed by atoms with Gasteiger partial charge in [-0.1, -0.05) is 18.2 Å². The molecule has 4 nitrogen and oxygen atoms in total. The molecule has 108 valence electrons. The molecule has 0 amide bonds. The van der Waals surface area contributed by atoms with E-state index in [0.717, 1.165) is 21.9 Å². The van der Waals surface area contributed by atoms with Crippen LogP contribution in [-0.4, -0.2) is 10.3 Å². The van der Waals surface area contributed by atoms with Gasteiger partial charge in [-0.15, -0.1) is 11.8 Å². The standard InChI is InChI=1S/C16H16N2O2S/c1-11-6-7-12(17)15(10-11)21-9-8-18-13-4-2-3-5-14(13)20-16(18)19/h2-7,10H,8-9,17H2,1H3. The van der Waals surface area contributed by atoms with E-state index < -0.39 is 0 Å². The fourth-order valence-corrected chi connectivity index (χ4v) is 3.24. The Labute approximate surface area is 126 Å². The van der Waals surface area contributed by atoms with E-state index in [1.807, 2.05) is 37.3 Å². The molecular formula is C16H16N2O2S. The van der Waals surface area contributed by atoms with Crippen molar-refractivity contribution in [2.45, 2.75) is 18.4 Å². The minimum absolute atomic E-state index is 0.311. The number of hydrogen-bond acceptors (Lipinski definition) is 4. The molecule has 0 aliphatic rings. The molecule has 0 aliphatic heterocycles. The lowest BCUT2D eigenvalue weighted by atomic mass is 10.2.